The maximum absolute atomic E-state index is 12.6. The second-order valence-electron chi connectivity index (χ2n) is 8.88. The minimum atomic E-state index is -0.906. The van der Waals surface area contributed by atoms with Gasteiger partial charge >= 0.3 is 11.9 Å². The zero-order chi connectivity index (χ0) is 19.3. The molecule has 2 rings (SSSR count). The molecule has 2 aliphatic carbocycles. The first kappa shape index (κ1) is 20.9. The minimum Gasteiger partial charge on any atom is -0.481 e. The average molecular weight is 366 g/mol. The molecule has 2 unspecified atom stereocenters. The number of ketones is 1. The molecule has 0 saturated heterocycles. The van der Waals surface area contributed by atoms with Crippen molar-refractivity contribution >= 4 is 17.7 Å². The Kier molecular flexibility index (Phi) is 7.66. The van der Waals surface area contributed by atoms with Gasteiger partial charge in [-0.15, -0.1) is 0 Å². The van der Waals surface area contributed by atoms with E-state index < -0.39 is 23.8 Å². The van der Waals surface area contributed by atoms with Crippen molar-refractivity contribution in [3.63, 3.8) is 0 Å². The molecular formula is C21H34O5. The largest absolute Gasteiger partial charge is 0.481 e. The number of rotatable bonds is 8. The molecule has 2 fully saturated rings. The van der Waals surface area contributed by atoms with Crippen LogP contribution in [-0.2, 0) is 14.4 Å². The molecule has 0 bridgehead atoms. The topological polar surface area (TPSA) is 91.7 Å². The number of carboxylic acid groups (broad SMARTS) is 2. The summed E-state index contributed by atoms with van der Waals surface area (Å²) in [5.74, 6) is -1.97. The fourth-order valence-corrected chi connectivity index (χ4v) is 4.86. The summed E-state index contributed by atoms with van der Waals surface area (Å²) in [6, 6.07) is 0. The fraction of sp³-hybridized carbons (Fsp3) is 0.857. The van der Waals surface area contributed by atoms with E-state index in [0.717, 1.165) is 51.4 Å². The summed E-state index contributed by atoms with van der Waals surface area (Å²) < 4.78 is 0. The van der Waals surface area contributed by atoms with Crippen LogP contribution in [0.25, 0.3) is 0 Å². The molecule has 2 saturated carbocycles. The molecule has 148 valence electrons. The smallest absolute Gasteiger partial charge is 0.307 e. The van der Waals surface area contributed by atoms with E-state index in [1.165, 1.54) is 0 Å². The van der Waals surface area contributed by atoms with Crippen molar-refractivity contribution in [1.29, 1.82) is 0 Å². The van der Waals surface area contributed by atoms with E-state index in [0.29, 0.717) is 11.8 Å². The standard InChI is InChI=1S/C21H34O5/c1-13-3-7-15(8-4-13)18(20(23)24)11-17(22)12-19(21(25)26)16-9-5-14(2)6-10-16/h13-16,18-19H,3-12H2,1-2H3,(H,23,24)(H,25,26). The van der Waals surface area contributed by atoms with Gasteiger partial charge < -0.3 is 10.2 Å². The van der Waals surface area contributed by atoms with Crippen LogP contribution in [0.1, 0.15) is 78.1 Å². The van der Waals surface area contributed by atoms with Crippen LogP contribution in [0, 0.1) is 35.5 Å². The second kappa shape index (κ2) is 9.52. The highest BCUT2D eigenvalue weighted by molar-refractivity contribution is 5.87. The molecule has 0 aromatic heterocycles. The van der Waals surface area contributed by atoms with Crippen LogP contribution in [0.15, 0.2) is 0 Å². The molecule has 5 nitrogen and oxygen atoms in total. The zero-order valence-electron chi connectivity index (χ0n) is 16.2. The van der Waals surface area contributed by atoms with Crippen molar-refractivity contribution in [2.24, 2.45) is 35.5 Å². The summed E-state index contributed by atoms with van der Waals surface area (Å²) in [6.07, 6.45) is 7.45. The van der Waals surface area contributed by atoms with Gasteiger partial charge in [-0.1, -0.05) is 39.5 Å². The maximum Gasteiger partial charge on any atom is 0.307 e. The number of hydrogen-bond acceptors (Lipinski definition) is 3. The summed E-state index contributed by atoms with van der Waals surface area (Å²) in [7, 11) is 0. The van der Waals surface area contributed by atoms with Crippen LogP contribution in [0.5, 0.6) is 0 Å². The van der Waals surface area contributed by atoms with Crippen molar-refractivity contribution < 1.29 is 24.6 Å². The second-order valence-corrected chi connectivity index (χ2v) is 8.88. The first-order valence-corrected chi connectivity index (χ1v) is 10.2. The van der Waals surface area contributed by atoms with E-state index in [1.54, 1.807) is 0 Å². The highest BCUT2D eigenvalue weighted by Gasteiger charge is 2.36. The lowest BCUT2D eigenvalue weighted by Crippen LogP contribution is -2.32. The molecule has 0 radical (unpaired) electrons. The van der Waals surface area contributed by atoms with Crippen LogP contribution in [0.2, 0.25) is 0 Å². The summed E-state index contributed by atoms with van der Waals surface area (Å²) in [6.45, 7) is 4.36. The molecule has 26 heavy (non-hydrogen) atoms. The predicted octanol–water partition coefficient (Wildman–Crippen LogP) is 4.39. The van der Waals surface area contributed by atoms with Gasteiger partial charge in [0.25, 0.3) is 0 Å². The van der Waals surface area contributed by atoms with Crippen LogP contribution >= 0.6 is 0 Å². The van der Waals surface area contributed by atoms with Crippen molar-refractivity contribution in [2.45, 2.75) is 78.1 Å². The van der Waals surface area contributed by atoms with Gasteiger partial charge in [0.05, 0.1) is 11.8 Å². The van der Waals surface area contributed by atoms with Gasteiger partial charge in [-0.05, 0) is 49.4 Å². The molecule has 2 atom stereocenters. The van der Waals surface area contributed by atoms with Crippen LogP contribution in [0.4, 0.5) is 0 Å². The van der Waals surface area contributed by atoms with Gasteiger partial charge in [-0.3, -0.25) is 14.4 Å². The third kappa shape index (κ3) is 5.82. The van der Waals surface area contributed by atoms with Gasteiger partial charge in [0, 0.05) is 12.8 Å². The van der Waals surface area contributed by atoms with Crippen LogP contribution in [-0.4, -0.2) is 27.9 Å². The Morgan fingerprint density at radius 2 is 1.00 bits per heavy atom. The van der Waals surface area contributed by atoms with E-state index >= 15 is 0 Å². The Morgan fingerprint density at radius 3 is 1.27 bits per heavy atom. The quantitative estimate of drug-likeness (QED) is 0.665. The Morgan fingerprint density at radius 1 is 0.692 bits per heavy atom. The Balaban J connectivity index is 1.94. The number of carboxylic acids is 2. The molecule has 0 aliphatic heterocycles. The Bertz CT molecular complexity index is 455. The molecule has 2 N–H and O–H groups in total. The van der Waals surface area contributed by atoms with Gasteiger partial charge in [0.15, 0.2) is 0 Å². The molecule has 2 aliphatic rings. The summed E-state index contributed by atoms with van der Waals surface area (Å²) in [5, 5.41) is 19.2. The van der Waals surface area contributed by atoms with E-state index in [9.17, 15) is 24.6 Å². The predicted molar refractivity (Wildman–Crippen MR) is 98.7 cm³/mol. The van der Waals surface area contributed by atoms with Gasteiger partial charge in [0.1, 0.15) is 5.78 Å². The van der Waals surface area contributed by atoms with Crippen LogP contribution < -0.4 is 0 Å². The monoisotopic (exact) mass is 366 g/mol. The van der Waals surface area contributed by atoms with E-state index in [2.05, 4.69) is 13.8 Å². The molecule has 0 aromatic carbocycles. The summed E-state index contributed by atoms with van der Waals surface area (Å²) >= 11 is 0. The number of carbonyl (C=O) groups excluding carboxylic acids is 1. The van der Waals surface area contributed by atoms with Gasteiger partial charge in [0.2, 0.25) is 0 Å². The molecular weight excluding hydrogens is 332 g/mol. The first-order valence-electron chi connectivity index (χ1n) is 10.2. The van der Waals surface area contributed by atoms with Crippen molar-refractivity contribution in [1.82, 2.24) is 0 Å². The SMILES string of the molecule is CC1CCC(C(CC(=O)CC(C(=O)O)C2CCC(C)CC2)C(=O)O)CC1. The number of hydrogen-bond donors (Lipinski definition) is 2. The van der Waals surface area contributed by atoms with Gasteiger partial charge in [-0.25, -0.2) is 0 Å². The number of aliphatic carboxylic acids is 2. The van der Waals surface area contributed by atoms with E-state index in [4.69, 9.17) is 0 Å². The zero-order valence-corrected chi connectivity index (χ0v) is 16.2. The highest BCUT2D eigenvalue weighted by Crippen LogP contribution is 2.37. The van der Waals surface area contributed by atoms with Gasteiger partial charge in [-0.2, -0.15) is 0 Å². The number of Topliss-reactive ketones (excluding diaryl/α,β-unsaturated/α-hetero) is 1. The third-order valence-electron chi connectivity index (χ3n) is 6.79. The maximum atomic E-state index is 12.6. The molecule has 0 aromatic rings. The Hall–Kier alpha value is -1.39. The summed E-state index contributed by atoms with van der Waals surface area (Å²) in [4.78, 5) is 36.0. The minimum absolute atomic E-state index is 0.0126. The van der Waals surface area contributed by atoms with E-state index in [-0.39, 0.29) is 30.5 Å². The first-order chi connectivity index (χ1) is 12.3. The lowest BCUT2D eigenvalue weighted by Gasteiger charge is -2.32. The van der Waals surface area contributed by atoms with Crippen molar-refractivity contribution in [3.05, 3.63) is 0 Å². The average Bonchev–Trinajstić information content (AvgIpc) is 2.59. The normalized spacial score (nSPS) is 31.8. The van der Waals surface area contributed by atoms with E-state index in [1.807, 2.05) is 0 Å². The van der Waals surface area contributed by atoms with Crippen LogP contribution in [0.3, 0.4) is 0 Å². The lowest BCUT2D eigenvalue weighted by atomic mass is 9.72. The molecule has 0 heterocycles. The number of carbonyl (C=O) groups is 3. The molecule has 0 amide bonds. The highest BCUT2D eigenvalue weighted by atomic mass is 16.4. The molecule has 0 spiro atoms. The molecule has 5 heteroatoms. The Labute approximate surface area is 156 Å². The lowest BCUT2D eigenvalue weighted by molar-refractivity contribution is -0.148. The summed E-state index contributed by atoms with van der Waals surface area (Å²) in [5.41, 5.74) is 0. The van der Waals surface area contributed by atoms with Crippen molar-refractivity contribution in [3.8, 4) is 0 Å². The fourth-order valence-electron chi connectivity index (χ4n) is 4.86. The van der Waals surface area contributed by atoms with Crippen molar-refractivity contribution in [2.75, 3.05) is 0 Å². The third-order valence-corrected chi connectivity index (χ3v) is 6.79.